The van der Waals surface area contributed by atoms with E-state index in [0.29, 0.717) is 22.7 Å². The summed E-state index contributed by atoms with van der Waals surface area (Å²) < 4.78 is 7.39. The summed E-state index contributed by atoms with van der Waals surface area (Å²) in [5.41, 5.74) is 12.0. The molecule has 1 aliphatic heterocycles. The summed E-state index contributed by atoms with van der Waals surface area (Å²) in [5, 5.41) is 48.2. The molecule has 17 heteroatoms. The SMILES string of the molecule is C[S+](CC[C@H](N)C(=O)[O-])C[C@H]1O[C@@H](n2cnc3c(N)ncnc32)[C@H](O)[C@@H]1O.O=C([O-])[O-].[Li+].[Li+]. The third-order valence-electron chi connectivity index (χ3n) is 4.53. The topological polar surface area (TPSA) is 249 Å². The Morgan fingerprint density at radius 2 is 1.82 bits per heavy atom. The average Bonchev–Trinajstić information content (AvgIpc) is 3.23. The maximum atomic E-state index is 10.7. The number of nitrogens with two attached hydrogens (primary N) is 2. The van der Waals surface area contributed by atoms with Gasteiger partial charge in [0.2, 0.25) is 0 Å². The summed E-state index contributed by atoms with van der Waals surface area (Å²) in [6.45, 7) is 0. The Balaban J connectivity index is 0.00000158. The van der Waals surface area contributed by atoms with Crippen molar-refractivity contribution in [1.29, 1.82) is 0 Å². The van der Waals surface area contributed by atoms with Crippen LogP contribution in [-0.2, 0) is 20.4 Å². The molecule has 3 heterocycles. The number of carbonyl (C=O) groups excluding carboxylic acids is 2. The Morgan fingerprint density at radius 1 is 1.21 bits per heavy atom. The van der Waals surface area contributed by atoms with E-state index in [9.17, 15) is 20.1 Å². The Kier molecular flexibility index (Phi) is 13.4. The number of carboxylic acid groups (broad SMARTS) is 3. The van der Waals surface area contributed by atoms with E-state index < -0.39 is 42.7 Å². The number of fused-ring (bicyclic) bond motifs is 1. The van der Waals surface area contributed by atoms with E-state index in [2.05, 4.69) is 15.0 Å². The first kappa shape index (κ1) is 31.5. The third kappa shape index (κ3) is 8.33. The number of carboxylic acids is 1. The molecule has 33 heavy (non-hydrogen) atoms. The van der Waals surface area contributed by atoms with Crippen molar-refractivity contribution in [3.05, 3.63) is 12.7 Å². The zero-order chi connectivity index (χ0) is 23.3. The molecule has 1 fully saturated rings. The second-order valence-electron chi connectivity index (χ2n) is 6.75. The fraction of sp³-hybridized carbons (Fsp3) is 0.562. The number of ether oxygens (including phenoxy) is 1. The summed E-state index contributed by atoms with van der Waals surface area (Å²) >= 11 is 0. The summed E-state index contributed by atoms with van der Waals surface area (Å²) in [6, 6.07) is -1.02. The molecule has 14 nitrogen and oxygen atoms in total. The number of aliphatic carboxylic acids is 1. The first-order valence-corrected chi connectivity index (χ1v) is 10.9. The monoisotopic (exact) mass is 472 g/mol. The van der Waals surface area contributed by atoms with E-state index in [1.165, 1.54) is 17.2 Å². The molecule has 0 bridgehead atoms. The van der Waals surface area contributed by atoms with Gasteiger partial charge in [-0.1, -0.05) is 0 Å². The molecule has 3 rings (SSSR count). The van der Waals surface area contributed by atoms with Gasteiger partial charge in [0.1, 0.15) is 41.7 Å². The first-order valence-electron chi connectivity index (χ1n) is 8.91. The van der Waals surface area contributed by atoms with Crippen molar-refractivity contribution in [1.82, 2.24) is 19.5 Å². The van der Waals surface area contributed by atoms with E-state index >= 15 is 0 Å². The van der Waals surface area contributed by atoms with Gasteiger partial charge in [0, 0.05) is 12.5 Å². The Hall–Kier alpha value is -1.53. The van der Waals surface area contributed by atoms with Gasteiger partial charge in [0.05, 0.1) is 18.6 Å². The van der Waals surface area contributed by atoms with Crippen molar-refractivity contribution in [3.63, 3.8) is 0 Å². The number of nitrogens with zero attached hydrogens (tertiary/aromatic N) is 4. The van der Waals surface area contributed by atoms with Gasteiger partial charge in [-0.05, 0) is 17.1 Å². The standard InChI is InChI=1S/C15H22N6O5S.CH2O3.2Li/c1-27(3-2-7(16)15(24)25)4-8-10(22)11(23)14(26-8)21-6-20-9-12(17)18-5-19-13(9)21;2-1(3)4;;/h5-8,10-11,14,22-23H,2-4,16H2,1H3,(H2-,17,18,19,24,25);(H2,2,3,4);;/q;;2*+1/p-2/t7-,8+,10+,11+,14+,27?;;;/m0.../s1. The molecule has 1 unspecified atom stereocenters. The van der Waals surface area contributed by atoms with Gasteiger partial charge in [-0.3, -0.25) is 4.57 Å². The fourth-order valence-corrected chi connectivity index (χ4v) is 4.62. The molecule has 1 aliphatic rings. The van der Waals surface area contributed by atoms with Crippen LogP contribution in [0.3, 0.4) is 0 Å². The molecule has 0 saturated carbocycles. The Morgan fingerprint density at radius 3 is 2.39 bits per heavy atom. The number of nitrogen functional groups attached to an aromatic ring is 1. The summed E-state index contributed by atoms with van der Waals surface area (Å²) in [6.07, 6.45) is -1.17. The molecule has 0 aliphatic carbocycles. The van der Waals surface area contributed by atoms with E-state index in [1.54, 1.807) is 0 Å². The quantitative estimate of drug-likeness (QED) is 0.216. The van der Waals surface area contributed by atoms with Crippen molar-refractivity contribution in [2.45, 2.75) is 37.0 Å². The number of hydrogen-bond donors (Lipinski definition) is 4. The van der Waals surface area contributed by atoms with Crippen LogP contribution in [0.25, 0.3) is 11.2 Å². The number of imidazole rings is 1. The zero-order valence-electron chi connectivity index (χ0n) is 18.4. The van der Waals surface area contributed by atoms with Crippen LogP contribution in [0.15, 0.2) is 12.7 Å². The minimum atomic E-state index is -2.33. The molecular weight excluding hydrogens is 450 g/mol. The van der Waals surface area contributed by atoms with Gasteiger partial charge in [0.15, 0.2) is 17.7 Å². The van der Waals surface area contributed by atoms with Crippen molar-refractivity contribution in [2.24, 2.45) is 5.73 Å². The number of rotatable bonds is 7. The first-order chi connectivity index (χ1) is 14.5. The van der Waals surface area contributed by atoms with Gasteiger partial charge in [-0.25, -0.2) is 15.0 Å². The molecular formula is C16H22Li2N6O8S. The molecule has 0 radical (unpaired) electrons. The third-order valence-corrected chi connectivity index (χ3v) is 6.36. The molecule has 6 N–H and O–H groups in total. The van der Waals surface area contributed by atoms with E-state index in [1.807, 2.05) is 6.26 Å². The maximum absolute atomic E-state index is 10.7. The van der Waals surface area contributed by atoms with E-state index in [0.717, 1.165) is 0 Å². The second-order valence-corrected chi connectivity index (χ2v) is 9.05. The predicted molar refractivity (Wildman–Crippen MR) is 102 cm³/mol. The minimum absolute atomic E-state index is 0. The van der Waals surface area contributed by atoms with Crippen LogP contribution in [0.5, 0.6) is 0 Å². The number of aliphatic hydroxyl groups excluding tert-OH is 2. The average molecular weight is 472 g/mol. The predicted octanol–water partition coefficient (Wildman–Crippen LogP) is -11.7. The molecule has 1 saturated heterocycles. The van der Waals surface area contributed by atoms with Crippen LogP contribution in [0.4, 0.5) is 10.6 Å². The van der Waals surface area contributed by atoms with Crippen LogP contribution in [-0.4, -0.2) is 84.0 Å². The molecule has 2 aromatic rings. The number of aromatic nitrogens is 4. The van der Waals surface area contributed by atoms with Gasteiger partial charge >= 0.3 is 37.7 Å². The molecule has 0 aromatic carbocycles. The van der Waals surface area contributed by atoms with E-state index in [4.69, 9.17) is 31.2 Å². The number of hydrogen-bond acceptors (Lipinski definition) is 13. The Labute approximate surface area is 215 Å². The van der Waals surface area contributed by atoms with Crippen molar-refractivity contribution >= 4 is 40.0 Å². The van der Waals surface area contributed by atoms with Crippen molar-refractivity contribution < 1.29 is 77.6 Å². The van der Waals surface area contributed by atoms with Crippen LogP contribution in [0, 0.1) is 0 Å². The van der Waals surface area contributed by atoms with E-state index in [-0.39, 0.29) is 60.9 Å². The van der Waals surface area contributed by atoms with Crippen LogP contribution < -0.4 is 64.5 Å². The molecule has 0 amide bonds. The van der Waals surface area contributed by atoms with Gasteiger partial charge < -0.3 is 51.3 Å². The van der Waals surface area contributed by atoms with Crippen molar-refractivity contribution in [3.8, 4) is 0 Å². The minimum Gasteiger partial charge on any atom is -0.652 e. The molecule has 6 atom stereocenters. The largest absolute Gasteiger partial charge is 1.00 e. The normalized spacial score (nSPS) is 23.4. The van der Waals surface area contributed by atoms with Crippen LogP contribution >= 0.6 is 0 Å². The number of anilines is 1. The zero-order valence-corrected chi connectivity index (χ0v) is 19.2. The maximum Gasteiger partial charge on any atom is 1.00 e. The number of aliphatic hydroxyl groups is 2. The van der Waals surface area contributed by atoms with Gasteiger partial charge in [-0.15, -0.1) is 0 Å². The molecule has 172 valence electrons. The fourth-order valence-electron chi connectivity index (χ4n) is 2.96. The summed E-state index contributed by atoms with van der Waals surface area (Å²) in [4.78, 5) is 31.2. The van der Waals surface area contributed by atoms with Gasteiger partial charge in [-0.2, -0.15) is 0 Å². The van der Waals surface area contributed by atoms with Crippen LogP contribution in [0.1, 0.15) is 12.6 Å². The Bertz CT molecular complexity index is 920. The van der Waals surface area contributed by atoms with Crippen LogP contribution in [0.2, 0.25) is 0 Å². The van der Waals surface area contributed by atoms with Gasteiger partial charge in [0.25, 0.3) is 0 Å². The molecule has 0 spiro atoms. The summed E-state index contributed by atoms with van der Waals surface area (Å²) in [7, 11) is -0.263. The number of carbonyl (C=O) groups is 2. The smallest absolute Gasteiger partial charge is 0.652 e. The summed E-state index contributed by atoms with van der Waals surface area (Å²) in [5.74, 6) is -0.0611. The second kappa shape index (κ2) is 14.0. The molecule has 2 aromatic heterocycles. The van der Waals surface area contributed by atoms with Crippen molar-refractivity contribution in [2.75, 3.05) is 23.5 Å².